The van der Waals surface area contributed by atoms with Gasteiger partial charge in [0.15, 0.2) is 0 Å². The molecular formula is C27H31NO5. The highest BCUT2D eigenvalue weighted by Crippen LogP contribution is 2.40. The molecule has 1 fully saturated rings. The molecule has 4 rings (SSSR count). The van der Waals surface area contributed by atoms with Crippen molar-refractivity contribution in [3.8, 4) is 5.75 Å². The summed E-state index contributed by atoms with van der Waals surface area (Å²) in [6.45, 7) is 2.77. The molecule has 1 amide bonds. The van der Waals surface area contributed by atoms with Crippen molar-refractivity contribution in [1.82, 2.24) is 4.90 Å². The number of aryl methyl sites for hydroxylation is 2. The van der Waals surface area contributed by atoms with Crippen LogP contribution in [0.15, 0.2) is 48.0 Å². The summed E-state index contributed by atoms with van der Waals surface area (Å²) in [5, 5.41) is 20.3. The molecule has 174 valence electrons. The van der Waals surface area contributed by atoms with Crippen molar-refractivity contribution in [3.63, 3.8) is 0 Å². The number of likely N-dealkylation sites (tertiary alicyclic amines) is 1. The second-order valence-electron chi connectivity index (χ2n) is 8.68. The Balaban J connectivity index is 1.77. The molecule has 0 aromatic heterocycles. The lowest BCUT2D eigenvalue weighted by Gasteiger charge is -2.25. The van der Waals surface area contributed by atoms with Gasteiger partial charge in [-0.3, -0.25) is 9.59 Å². The van der Waals surface area contributed by atoms with Crippen molar-refractivity contribution in [2.75, 3.05) is 19.8 Å². The molecule has 0 radical (unpaired) electrons. The van der Waals surface area contributed by atoms with E-state index in [4.69, 9.17) is 9.84 Å². The van der Waals surface area contributed by atoms with Crippen molar-refractivity contribution in [1.29, 1.82) is 0 Å². The van der Waals surface area contributed by atoms with E-state index in [0.717, 1.165) is 25.7 Å². The number of amides is 1. The van der Waals surface area contributed by atoms with Gasteiger partial charge >= 0.3 is 0 Å². The van der Waals surface area contributed by atoms with Crippen LogP contribution in [-0.2, 0) is 22.4 Å². The minimum Gasteiger partial charge on any atom is -0.507 e. The third-order valence-electron chi connectivity index (χ3n) is 6.37. The quantitative estimate of drug-likeness (QED) is 0.274. The van der Waals surface area contributed by atoms with Crippen LogP contribution in [0.1, 0.15) is 60.9 Å². The largest absolute Gasteiger partial charge is 0.507 e. The molecule has 6 heteroatoms. The molecule has 1 atom stereocenters. The van der Waals surface area contributed by atoms with E-state index in [-0.39, 0.29) is 17.9 Å². The number of Topliss-reactive ketones (excluding diaryl/α,β-unsaturated/α-hetero) is 1. The highest BCUT2D eigenvalue weighted by atomic mass is 16.5. The normalized spacial score (nSPS) is 19.6. The fraction of sp³-hybridized carbons (Fsp3) is 0.407. The molecule has 1 heterocycles. The maximum absolute atomic E-state index is 13.1. The van der Waals surface area contributed by atoms with Crippen LogP contribution in [0.4, 0.5) is 0 Å². The highest BCUT2D eigenvalue weighted by molar-refractivity contribution is 6.46. The summed E-state index contributed by atoms with van der Waals surface area (Å²) < 4.78 is 5.71. The van der Waals surface area contributed by atoms with Crippen LogP contribution in [-0.4, -0.2) is 46.6 Å². The summed E-state index contributed by atoms with van der Waals surface area (Å²) in [5.74, 6) is -0.781. The third-order valence-corrected chi connectivity index (χ3v) is 6.37. The van der Waals surface area contributed by atoms with E-state index in [1.54, 1.807) is 17.0 Å². The molecule has 2 aromatic carbocycles. The number of nitrogens with zero attached hydrogens (tertiary/aromatic N) is 1. The van der Waals surface area contributed by atoms with Gasteiger partial charge in [-0.2, -0.15) is 0 Å². The van der Waals surface area contributed by atoms with Crippen LogP contribution in [0.5, 0.6) is 5.75 Å². The predicted octanol–water partition coefficient (Wildman–Crippen LogP) is 4.16. The minimum atomic E-state index is -0.678. The maximum atomic E-state index is 13.1. The molecule has 0 saturated carbocycles. The molecule has 0 spiro atoms. The van der Waals surface area contributed by atoms with E-state index >= 15 is 0 Å². The van der Waals surface area contributed by atoms with E-state index in [9.17, 15) is 14.7 Å². The number of aliphatic hydroxyl groups excluding tert-OH is 2. The maximum Gasteiger partial charge on any atom is 0.295 e. The van der Waals surface area contributed by atoms with Crippen LogP contribution in [0.3, 0.4) is 0 Å². The number of ether oxygens (including phenoxy) is 1. The molecule has 2 aromatic rings. The zero-order valence-electron chi connectivity index (χ0n) is 19.0. The van der Waals surface area contributed by atoms with Gasteiger partial charge in [-0.25, -0.2) is 0 Å². The standard InChI is InChI=1S/C27H31NO5/c1-2-13-28-24(20-9-5-10-22(17-20)33-15-6-14-29)23(26(31)27(28)32)25(30)21-12-11-18-7-3-4-8-19(18)16-21/h5,9-12,16-17,24,29-30H,2-4,6-8,13-15H2,1H3/b25-23-. The van der Waals surface area contributed by atoms with Gasteiger partial charge in [-0.15, -0.1) is 0 Å². The van der Waals surface area contributed by atoms with E-state index in [1.807, 2.05) is 37.3 Å². The Bertz CT molecular complexity index is 1070. The fourth-order valence-corrected chi connectivity index (χ4v) is 4.76. The first kappa shape index (κ1) is 23.1. The summed E-state index contributed by atoms with van der Waals surface area (Å²) in [6.07, 6.45) is 5.46. The van der Waals surface area contributed by atoms with Gasteiger partial charge in [0.2, 0.25) is 0 Å². The second kappa shape index (κ2) is 10.2. The van der Waals surface area contributed by atoms with Crippen molar-refractivity contribution in [2.24, 2.45) is 0 Å². The number of benzene rings is 2. The lowest BCUT2D eigenvalue weighted by Crippen LogP contribution is -2.30. The Morgan fingerprint density at radius 2 is 1.88 bits per heavy atom. The van der Waals surface area contributed by atoms with Gasteiger partial charge in [0, 0.05) is 25.1 Å². The number of hydrogen-bond donors (Lipinski definition) is 2. The van der Waals surface area contributed by atoms with Crippen LogP contribution in [0.25, 0.3) is 5.76 Å². The molecular weight excluding hydrogens is 418 g/mol. The third kappa shape index (κ3) is 4.67. The molecule has 1 saturated heterocycles. The Kier molecular flexibility index (Phi) is 7.14. The smallest absolute Gasteiger partial charge is 0.295 e. The summed E-state index contributed by atoms with van der Waals surface area (Å²) in [5.41, 5.74) is 3.89. The Morgan fingerprint density at radius 3 is 2.64 bits per heavy atom. The number of aliphatic hydroxyl groups is 2. The lowest BCUT2D eigenvalue weighted by atomic mass is 9.88. The van der Waals surface area contributed by atoms with Crippen LogP contribution in [0, 0.1) is 0 Å². The molecule has 0 bridgehead atoms. The molecule has 1 aliphatic heterocycles. The topological polar surface area (TPSA) is 87.1 Å². The van der Waals surface area contributed by atoms with Crippen LogP contribution >= 0.6 is 0 Å². The summed E-state index contributed by atoms with van der Waals surface area (Å²) in [4.78, 5) is 27.6. The molecule has 1 unspecified atom stereocenters. The van der Waals surface area contributed by atoms with Crippen LogP contribution < -0.4 is 4.74 Å². The summed E-state index contributed by atoms with van der Waals surface area (Å²) in [6, 6.07) is 12.4. The van der Waals surface area contributed by atoms with Gasteiger partial charge < -0.3 is 19.8 Å². The lowest BCUT2D eigenvalue weighted by molar-refractivity contribution is -0.139. The van der Waals surface area contributed by atoms with E-state index in [0.29, 0.717) is 42.9 Å². The Hall–Kier alpha value is -3.12. The average molecular weight is 450 g/mol. The molecule has 6 nitrogen and oxygen atoms in total. The molecule has 1 aliphatic carbocycles. The number of carbonyl (C=O) groups is 2. The first-order valence-corrected chi connectivity index (χ1v) is 11.8. The fourth-order valence-electron chi connectivity index (χ4n) is 4.76. The summed E-state index contributed by atoms with van der Waals surface area (Å²) >= 11 is 0. The zero-order valence-corrected chi connectivity index (χ0v) is 19.0. The van der Waals surface area contributed by atoms with Gasteiger partial charge in [0.05, 0.1) is 18.2 Å². The predicted molar refractivity (Wildman–Crippen MR) is 126 cm³/mol. The van der Waals surface area contributed by atoms with Gasteiger partial charge in [0.25, 0.3) is 11.7 Å². The second-order valence-corrected chi connectivity index (χ2v) is 8.68. The summed E-state index contributed by atoms with van der Waals surface area (Å²) in [7, 11) is 0. The number of ketones is 1. The van der Waals surface area contributed by atoms with Gasteiger partial charge in [-0.1, -0.05) is 31.2 Å². The molecule has 2 aliphatic rings. The average Bonchev–Trinajstić information content (AvgIpc) is 3.09. The highest BCUT2D eigenvalue weighted by Gasteiger charge is 2.45. The van der Waals surface area contributed by atoms with E-state index in [2.05, 4.69) is 0 Å². The van der Waals surface area contributed by atoms with E-state index < -0.39 is 17.7 Å². The number of rotatable bonds is 8. The number of fused-ring (bicyclic) bond motifs is 1. The van der Waals surface area contributed by atoms with Crippen molar-refractivity contribution >= 4 is 17.4 Å². The SMILES string of the molecule is CCCN1C(=O)C(=O)/C(=C(\O)c2ccc3c(c2)CCCC3)C1c1cccc(OCCCO)c1. The first-order chi connectivity index (χ1) is 16.0. The Morgan fingerprint density at radius 1 is 1.09 bits per heavy atom. The van der Waals surface area contributed by atoms with Crippen molar-refractivity contribution in [3.05, 3.63) is 70.3 Å². The first-order valence-electron chi connectivity index (χ1n) is 11.8. The number of hydrogen-bond acceptors (Lipinski definition) is 5. The Labute approximate surface area is 194 Å². The van der Waals surface area contributed by atoms with E-state index in [1.165, 1.54) is 11.1 Å². The van der Waals surface area contributed by atoms with Crippen molar-refractivity contribution in [2.45, 2.75) is 51.5 Å². The zero-order chi connectivity index (χ0) is 23.4. The molecule has 33 heavy (non-hydrogen) atoms. The van der Waals surface area contributed by atoms with Gasteiger partial charge in [0.1, 0.15) is 11.5 Å². The monoisotopic (exact) mass is 449 g/mol. The van der Waals surface area contributed by atoms with Crippen molar-refractivity contribution < 1.29 is 24.5 Å². The molecule has 2 N–H and O–H groups in total. The van der Waals surface area contributed by atoms with Gasteiger partial charge in [-0.05, 0) is 67.0 Å². The minimum absolute atomic E-state index is 0.0388. The number of carbonyl (C=O) groups excluding carboxylic acids is 2. The van der Waals surface area contributed by atoms with Crippen LogP contribution in [0.2, 0.25) is 0 Å².